The topological polar surface area (TPSA) is 124 Å². The van der Waals surface area contributed by atoms with Gasteiger partial charge < -0.3 is 19.8 Å². The van der Waals surface area contributed by atoms with Gasteiger partial charge in [0, 0.05) is 29.9 Å². The second kappa shape index (κ2) is 11.4. The van der Waals surface area contributed by atoms with Crippen molar-refractivity contribution in [1.82, 2.24) is 10.3 Å². The van der Waals surface area contributed by atoms with Gasteiger partial charge in [-0.3, -0.25) is 10.1 Å². The highest BCUT2D eigenvalue weighted by atomic mass is 19.4. The van der Waals surface area contributed by atoms with Crippen molar-refractivity contribution < 1.29 is 50.3 Å². The number of benzene rings is 1. The number of dihydropyridines is 1. The fourth-order valence-electron chi connectivity index (χ4n) is 4.31. The number of esters is 2. The molecule has 0 saturated carbocycles. The summed E-state index contributed by atoms with van der Waals surface area (Å²) in [6.45, 7) is 3.80. The summed E-state index contributed by atoms with van der Waals surface area (Å²) in [4.78, 5) is 39.4. The first-order valence-electron chi connectivity index (χ1n) is 11.7. The first kappa shape index (κ1) is 30.2. The zero-order valence-corrected chi connectivity index (χ0v) is 21.2. The molecule has 216 valence electrons. The highest BCUT2D eigenvalue weighted by molar-refractivity contribution is 6.00. The minimum atomic E-state index is -5.56. The van der Waals surface area contributed by atoms with E-state index >= 15 is 0 Å². The molecule has 0 radical (unpaired) electrons. The molecule has 15 heteroatoms. The minimum Gasteiger partial charge on any atom is -0.463 e. The molecule has 2 N–H and O–H groups in total. The van der Waals surface area contributed by atoms with Crippen LogP contribution in [-0.2, 0) is 25.5 Å². The fourth-order valence-corrected chi connectivity index (χ4v) is 4.31. The first-order valence-corrected chi connectivity index (χ1v) is 11.7. The van der Waals surface area contributed by atoms with Gasteiger partial charge in [0.1, 0.15) is 11.4 Å². The van der Waals surface area contributed by atoms with Gasteiger partial charge in [-0.2, -0.15) is 26.3 Å². The number of carbonyl (C=O) groups is 2. The Labute approximate surface area is 223 Å². The Morgan fingerprint density at radius 1 is 0.975 bits per heavy atom. The van der Waals surface area contributed by atoms with Crippen LogP contribution in [0.3, 0.4) is 0 Å². The smallest absolute Gasteiger partial charge is 0.431 e. The number of aromatic nitrogens is 1. The summed E-state index contributed by atoms with van der Waals surface area (Å²) in [6, 6.07) is 5.30. The lowest BCUT2D eigenvalue weighted by Gasteiger charge is -2.33. The second-order valence-corrected chi connectivity index (χ2v) is 8.69. The number of nitro groups is 1. The van der Waals surface area contributed by atoms with E-state index in [2.05, 4.69) is 4.98 Å². The van der Waals surface area contributed by atoms with E-state index in [0.29, 0.717) is 17.3 Å². The van der Waals surface area contributed by atoms with Crippen LogP contribution in [0.2, 0.25) is 0 Å². The van der Waals surface area contributed by atoms with Gasteiger partial charge in [0.2, 0.25) is 0 Å². The number of hydrogen-bond donors (Lipinski definition) is 2. The molecule has 2 aromatic rings. The standard InChI is InChI=1S/C25H23F6N3O6/c1-4-39-22(35)18-17(15-6-5-7-16(11-15)34(37)38)19(21(25(29,30)31)33-20(18)24(26,27)28)23(36)40-9-8-14-10-12(2)32-13(14)3/h5-7,10-11,17,32-33H,4,8-9H2,1-3H3. The van der Waals surface area contributed by atoms with Crippen LogP contribution in [0.15, 0.2) is 52.9 Å². The van der Waals surface area contributed by atoms with E-state index in [-0.39, 0.29) is 6.42 Å². The van der Waals surface area contributed by atoms with Crippen LogP contribution in [0.5, 0.6) is 0 Å². The van der Waals surface area contributed by atoms with E-state index in [0.717, 1.165) is 23.9 Å². The molecule has 0 amide bonds. The molecule has 1 aromatic heterocycles. The summed E-state index contributed by atoms with van der Waals surface area (Å²) in [6.07, 6.45) is -11.0. The zero-order chi connectivity index (χ0) is 30.0. The lowest BCUT2D eigenvalue weighted by atomic mass is 9.79. The number of H-pyrrole nitrogens is 1. The van der Waals surface area contributed by atoms with Gasteiger partial charge in [-0.05, 0) is 38.0 Å². The summed E-state index contributed by atoms with van der Waals surface area (Å²) in [5, 5.41) is 12.5. The van der Waals surface area contributed by atoms with Crippen molar-refractivity contribution >= 4 is 17.6 Å². The number of non-ortho nitro benzene ring substituents is 1. The van der Waals surface area contributed by atoms with Crippen LogP contribution < -0.4 is 5.32 Å². The number of alkyl halides is 6. The van der Waals surface area contributed by atoms with Gasteiger partial charge in [0.25, 0.3) is 5.69 Å². The number of carbonyl (C=O) groups excluding carboxylic acids is 2. The van der Waals surface area contributed by atoms with E-state index in [1.165, 1.54) is 12.2 Å². The number of allylic oxidation sites excluding steroid dienone is 2. The molecule has 0 bridgehead atoms. The fraction of sp³-hybridized carbons (Fsp3) is 0.360. The Kier molecular flexibility index (Phi) is 8.65. The summed E-state index contributed by atoms with van der Waals surface area (Å²) in [7, 11) is 0. The number of aromatic amines is 1. The number of nitrogens with one attached hydrogen (secondary N) is 2. The summed E-state index contributed by atoms with van der Waals surface area (Å²) in [5.74, 6) is -5.73. The average Bonchev–Trinajstić information content (AvgIpc) is 3.18. The molecule has 2 heterocycles. The lowest BCUT2D eigenvalue weighted by molar-refractivity contribution is -0.384. The largest absolute Gasteiger partial charge is 0.463 e. The quantitative estimate of drug-likeness (QED) is 0.192. The lowest BCUT2D eigenvalue weighted by Crippen LogP contribution is -2.43. The van der Waals surface area contributed by atoms with Gasteiger partial charge in [-0.15, -0.1) is 0 Å². The van der Waals surface area contributed by atoms with Crippen LogP contribution in [-0.4, -0.2) is 47.4 Å². The molecule has 1 aliphatic heterocycles. The third-order valence-electron chi connectivity index (χ3n) is 5.92. The first-order chi connectivity index (χ1) is 18.6. The zero-order valence-electron chi connectivity index (χ0n) is 21.2. The Bertz CT molecular complexity index is 1390. The van der Waals surface area contributed by atoms with Gasteiger partial charge in [0.15, 0.2) is 0 Å². The van der Waals surface area contributed by atoms with Crippen molar-refractivity contribution in [2.24, 2.45) is 0 Å². The monoisotopic (exact) mass is 575 g/mol. The highest BCUT2D eigenvalue weighted by Crippen LogP contribution is 2.47. The maximum atomic E-state index is 14.2. The van der Waals surface area contributed by atoms with Crippen LogP contribution in [0.1, 0.15) is 35.4 Å². The van der Waals surface area contributed by atoms with Crippen LogP contribution in [0.4, 0.5) is 32.0 Å². The molecule has 9 nitrogen and oxygen atoms in total. The SMILES string of the molecule is CCOC(=O)C1=C(C(F)(F)F)NC(C(F)(F)F)=C(C(=O)OCCc2cc(C)[nH]c2C)C1c1cccc([N+](=O)[O-])c1. The van der Waals surface area contributed by atoms with E-state index < -0.39 is 82.1 Å². The average molecular weight is 575 g/mol. The number of halogens is 6. The van der Waals surface area contributed by atoms with Crippen molar-refractivity contribution in [3.63, 3.8) is 0 Å². The van der Waals surface area contributed by atoms with Gasteiger partial charge >= 0.3 is 24.3 Å². The molecule has 1 aromatic carbocycles. The summed E-state index contributed by atoms with van der Waals surface area (Å²) in [5.41, 5.74) is -6.12. The normalized spacial score (nSPS) is 16.1. The third-order valence-corrected chi connectivity index (χ3v) is 5.92. The highest BCUT2D eigenvalue weighted by Gasteiger charge is 2.53. The Hall–Kier alpha value is -4.30. The molecule has 0 fully saturated rings. The van der Waals surface area contributed by atoms with Crippen LogP contribution >= 0.6 is 0 Å². The minimum absolute atomic E-state index is 0.0554. The second-order valence-electron chi connectivity index (χ2n) is 8.69. The van der Waals surface area contributed by atoms with E-state index in [9.17, 15) is 46.0 Å². The molecule has 0 saturated heterocycles. The molecule has 1 aliphatic rings. The molecule has 3 rings (SSSR count). The van der Waals surface area contributed by atoms with Gasteiger partial charge in [-0.1, -0.05) is 12.1 Å². The van der Waals surface area contributed by atoms with E-state index in [4.69, 9.17) is 9.47 Å². The number of hydrogen-bond acceptors (Lipinski definition) is 7. The summed E-state index contributed by atoms with van der Waals surface area (Å²) < 4.78 is 94.5. The molecule has 1 unspecified atom stereocenters. The molecule has 40 heavy (non-hydrogen) atoms. The number of nitrogens with zero attached hydrogens (tertiary/aromatic N) is 1. The van der Waals surface area contributed by atoms with Crippen molar-refractivity contribution in [2.75, 3.05) is 13.2 Å². The molecule has 0 aliphatic carbocycles. The Balaban J connectivity index is 2.23. The predicted octanol–water partition coefficient (Wildman–Crippen LogP) is 5.21. The number of rotatable bonds is 8. The van der Waals surface area contributed by atoms with Gasteiger partial charge in [0.05, 0.1) is 35.2 Å². The molecular weight excluding hydrogens is 552 g/mol. The predicted molar refractivity (Wildman–Crippen MR) is 127 cm³/mol. The third kappa shape index (κ3) is 6.46. The van der Waals surface area contributed by atoms with E-state index in [1.54, 1.807) is 19.9 Å². The van der Waals surface area contributed by atoms with Crippen molar-refractivity contribution in [3.8, 4) is 0 Å². The number of aryl methyl sites for hydroxylation is 2. The molecule has 0 spiro atoms. The van der Waals surface area contributed by atoms with E-state index in [1.807, 2.05) is 0 Å². The molecular formula is C25H23F6N3O6. The van der Waals surface area contributed by atoms with Crippen LogP contribution in [0, 0.1) is 24.0 Å². The Morgan fingerprint density at radius 3 is 2.02 bits per heavy atom. The maximum Gasteiger partial charge on any atom is 0.431 e. The van der Waals surface area contributed by atoms with Gasteiger partial charge in [-0.25, -0.2) is 9.59 Å². The van der Waals surface area contributed by atoms with Crippen molar-refractivity contribution in [2.45, 2.75) is 45.5 Å². The summed E-state index contributed by atoms with van der Waals surface area (Å²) >= 11 is 0. The number of nitro benzene ring substituents is 1. The maximum absolute atomic E-state index is 14.2. The van der Waals surface area contributed by atoms with Crippen molar-refractivity contribution in [3.05, 3.63) is 85.5 Å². The Morgan fingerprint density at radius 2 is 1.55 bits per heavy atom. The van der Waals surface area contributed by atoms with Crippen LogP contribution in [0.25, 0.3) is 0 Å². The van der Waals surface area contributed by atoms with Crippen molar-refractivity contribution in [1.29, 1.82) is 0 Å². The molecule has 1 atom stereocenters. The number of ether oxygens (including phenoxy) is 2.